The van der Waals surface area contributed by atoms with Crippen molar-refractivity contribution in [2.24, 2.45) is 5.92 Å². The molecule has 0 saturated heterocycles. The minimum Gasteiger partial charge on any atom is -0.481 e. The van der Waals surface area contributed by atoms with Crippen LogP contribution >= 0.6 is 0 Å². The van der Waals surface area contributed by atoms with Gasteiger partial charge in [0.2, 0.25) is 5.91 Å². The molecule has 10 heteroatoms. The number of aliphatic carboxylic acids is 1. The van der Waals surface area contributed by atoms with Crippen molar-refractivity contribution in [3.8, 4) is 12.1 Å². The Bertz CT molecular complexity index is 1170. The Labute approximate surface area is 174 Å². The summed E-state index contributed by atoms with van der Waals surface area (Å²) in [4.78, 5) is 29.8. The molecule has 0 spiro atoms. The van der Waals surface area contributed by atoms with Crippen molar-refractivity contribution in [1.29, 1.82) is 10.5 Å². The molecule has 7 nitrogen and oxygen atoms in total. The molecular formula is C21H13F3N4O3. The maximum atomic E-state index is 13.2. The number of carbonyl (C=O) groups is 2. The van der Waals surface area contributed by atoms with E-state index in [9.17, 15) is 33.1 Å². The maximum Gasteiger partial charge on any atom is 0.416 e. The molecule has 1 aromatic heterocycles. The second-order valence-electron chi connectivity index (χ2n) is 6.71. The van der Waals surface area contributed by atoms with Gasteiger partial charge in [-0.05, 0) is 36.8 Å². The summed E-state index contributed by atoms with van der Waals surface area (Å²) in [5.41, 5.74) is -1.03. The SMILES string of the molecule is CC1=C(C#N)C(c2ccc(C#N)nc2)C(C(=O)O)C(=O)N1c1cccc(C(F)(F)F)c1. The van der Waals surface area contributed by atoms with E-state index in [2.05, 4.69) is 4.98 Å². The van der Waals surface area contributed by atoms with Crippen LogP contribution in [0.3, 0.4) is 0 Å². The number of benzene rings is 1. The largest absolute Gasteiger partial charge is 0.481 e. The van der Waals surface area contributed by atoms with Gasteiger partial charge in [0.05, 0.1) is 17.2 Å². The van der Waals surface area contributed by atoms with E-state index in [1.807, 2.05) is 12.1 Å². The Morgan fingerprint density at radius 1 is 1.19 bits per heavy atom. The van der Waals surface area contributed by atoms with Crippen molar-refractivity contribution in [2.45, 2.75) is 19.0 Å². The van der Waals surface area contributed by atoms with Crippen LogP contribution in [0.1, 0.15) is 29.7 Å². The van der Waals surface area contributed by atoms with Crippen molar-refractivity contribution in [3.63, 3.8) is 0 Å². The van der Waals surface area contributed by atoms with Crippen molar-refractivity contribution in [1.82, 2.24) is 4.98 Å². The molecule has 2 heterocycles. The summed E-state index contributed by atoms with van der Waals surface area (Å²) in [5.74, 6) is -5.52. The van der Waals surface area contributed by atoms with Gasteiger partial charge in [-0.25, -0.2) is 4.98 Å². The summed E-state index contributed by atoms with van der Waals surface area (Å²) in [6.45, 7) is 1.36. The highest BCUT2D eigenvalue weighted by Gasteiger charge is 2.47. The molecule has 31 heavy (non-hydrogen) atoms. The van der Waals surface area contributed by atoms with Crippen molar-refractivity contribution in [3.05, 3.63) is 70.7 Å². The predicted molar refractivity (Wildman–Crippen MR) is 100 cm³/mol. The van der Waals surface area contributed by atoms with E-state index in [0.717, 1.165) is 23.1 Å². The molecule has 1 aliphatic heterocycles. The zero-order chi connectivity index (χ0) is 22.9. The zero-order valence-corrected chi connectivity index (χ0v) is 15.9. The molecule has 1 amide bonds. The molecule has 2 unspecified atom stereocenters. The molecule has 1 aromatic carbocycles. The Balaban J connectivity index is 2.21. The number of nitriles is 2. The van der Waals surface area contributed by atoms with Crippen LogP contribution in [-0.4, -0.2) is 22.0 Å². The minimum absolute atomic E-state index is 0.0127. The third-order valence-electron chi connectivity index (χ3n) is 4.93. The van der Waals surface area contributed by atoms with Crippen LogP contribution in [0.15, 0.2) is 53.9 Å². The summed E-state index contributed by atoms with van der Waals surface area (Å²) in [6, 6.07) is 10.3. The van der Waals surface area contributed by atoms with Gasteiger partial charge in [0, 0.05) is 23.5 Å². The van der Waals surface area contributed by atoms with Gasteiger partial charge >= 0.3 is 12.1 Å². The number of allylic oxidation sites excluding steroid dienone is 2. The first-order chi connectivity index (χ1) is 14.6. The molecule has 2 atom stereocenters. The molecular weight excluding hydrogens is 413 g/mol. The first kappa shape index (κ1) is 21.5. The molecule has 156 valence electrons. The summed E-state index contributed by atoms with van der Waals surface area (Å²) in [7, 11) is 0. The average molecular weight is 426 g/mol. The molecule has 0 bridgehead atoms. The molecule has 1 N–H and O–H groups in total. The first-order valence-electron chi connectivity index (χ1n) is 8.81. The summed E-state index contributed by atoms with van der Waals surface area (Å²) < 4.78 is 39.4. The summed E-state index contributed by atoms with van der Waals surface area (Å²) in [5, 5.41) is 28.4. The summed E-state index contributed by atoms with van der Waals surface area (Å²) >= 11 is 0. The Morgan fingerprint density at radius 2 is 1.90 bits per heavy atom. The number of nitrogens with zero attached hydrogens (tertiary/aromatic N) is 4. The second-order valence-corrected chi connectivity index (χ2v) is 6.71. The van der Waals surface area contributed by atoms with Crippen LogP contribution in [0.2, 0.25) is 0 Å². The lowest BCUT2D eigenvalue weighted by molar-refractivity contribution is -0.147. The number of carboxylic acid groups (broad SMARTS) is 1. The predicted octanol–water partition coefficient (Wildman–Crippen LogP) is 3.60. The van der Waals surface area contributed by atoms with E-state index < -0.39 is 35.5 Å². The van der Waals surface area contributed by atoms with E-state index in [1.165, 1.54) is 31.3 Å². The lowest BCUT2D eigenvalue weighted by atomic mass is 9.76. The highest BCUT2D eigenvalue weighted by atomic mass is 19.4. The van der Waals surface area contributed by atoms with Crippen LogP contribution in [0.5, 0.6) is 0 Å². The molecule has 2 aromatic rings. The fourth-order valence-electron chi connectivity index (χ4n) is 3.51. The molecule has 0 saturated carbocycles. The van der Waals surface area contributed by atoms with Gasteiger partial charge < -0.3 is 5.11 Å². The number of aromatic nitrogens is 1. The number of hydrogen-bond donors (Lipinski definition) is 1. The van der Waals surface area contributed by atoms with Gasteiger partial charge in [-0.2, -0.15) is 23.7 Å². The first-order valence-corrected chi connectivity index (χ1v) is 8.81. The Kier molecular flexibility index (Phi) is 5.50. The third-order valence-corrected chi connectivity index (χ3v) is 4.93. The van der Waals surface area contributed by atoms with Gasteiger partial charge in [-0.15, -0.1) is 0 Å². The van der Waals surface area contributed by atoms with Crippen LogP contribution in [0.4, 0.5) is 18.9 Å². The van der Waals surface area contributed by atoms with E-state index in [-0.39, 0.29) is 28.2 Å². The molecule has 0 fully saturated rings. The number of rotatable bonds is 3. The zero-order valence-electron chi connectivity index (χ0n) is 15.9. The Morgan fingerprint density at radius 3 is 2.42 bits per heavy atom. The van der Waals surface area contributed by atoms with Crippen molar-refractivity contribution < 1.29 is 27.9 Å². The maximum absolute atomic E-state index is 13.2. The van der Waals surface area contributed by atoms with E-state index in [0.29, 0.717) is 0 Å². The topological polar surface area (TPSA) is 118 Å². The highest BCUT2D eigenvalue weighted by molar-refractivity contribution is 6.10. The number of hydrogen-bond acceptors (Lipinski definition) is 5. The number of alkyl halides is 3. The molecule has 3 rings (SSSR count). The quantitative estimate of drug-likeness (QED) is 0.750. The lowest BCUT2D eigenvalue weighted by Crippen LogP contribution is -2.46. The van der Waals surface area contributed by atoms with Gasteiger partial charge in [0.1, 0.15) is 17.7 Å². The number of amides is 1. The smallest absolute Gasteiger partial charge is 0.416 e. The van der Waals surface area contributed by atoms with Gasteiger partial charge in [-0.1, -0.05) is 12.1 Å². The number of carbonyl (C=O) groups excluding carboxylic acids is 1. The van der Waals surface area contributed by atoms with E-state index in [1.54, 1.807) is 0 Å². The van der Waals surface area contributed by atoms with Gasteiger partial charge in [0.15, 0.2) is 0 Å². The fourth-order valence-corrected chi connectivity index (χ4v) is 3.51. The number of anilines is 1. The van der Waals surface area contributed by atoms with E-state index >= 15 is 0 Å². The third kappa shape index (κ3) is 3.83. The molecule has 1 aliphatic rings. The van der Waals surface area contributed by atoms with E-state index in [4.69, 9.17) is 5.26 Å². The van der Waals surface area contributed by atoms with Crippen LogP contribution in [0.25, 0.3) is 0 Å². The Hall–Kier alpha value is -4.18. The van der Waals surface area contributed by atoms with Crippen LogP contribution in [0, 0.1) is 28.6 Å². The monoisotopic (exact) mass is 426 g/mol. The fraction of sp³-hybridized carbons (Fsp3) is 0.190. The number of carboxylic acids is 1. The standard InChI is InChI=1S/C21H13F3N4O3/c1-11-16(9-26)17(12-5-6-14(8-25)27-10-12)18(20(30)31)19(29)28(11)15-4-2-3-13(7-15)21(22,23)24/h2-7,10,17-18H,1H3,(H,30,31). The average Bonchev–Trinajstić information content (AvgIpc) is 2.73. The summed E-state index contributed by atoms with van der Waals surface area (Å²) in [6.07, 6.45) is -3.47. The number of pyridine rings is 1. The number of halogens is 3. The van der Waals surface area contributed by atoms with Gasteiger partial charge in [0.25, 0.3) is 0 Å². The highest BCUT2D eigenvalue weighted by Crippen LogP contribution is 2.42. The van der Waals surface area contributed by atoms with Crippen LogP contribution < -0.4 is 4.90 Å². The second kappa shape index (κ2) is 7.92. The lowest BCUT2D eigenvalue weighted by Gasteiger charge is -2.36. The minimum atomic E-state index is -4.67. The van der Waals surface area contributed by atoms with Crippen molar-refractivity contribution in [2.75, 3.05) is 4.90 Å². The van der Waals surface area contributed by atoms with Crippen molar-refractivity contribution >= 4 is 17.6 Å². The van der Waals surface area contributed by atoms with Crippen LogP contribution in [-0.2, 0) is 15.8 Å². The molecule has 0 aliphatic carbocycles. The molecule has 0 radical (unpaired) electrons. The van der Waals surface area contributed by atoms with Gasteiger partial charge in [-0.3, -0.25) is 14.5 Å². The normalized spacial score (nSPS) is 19.0.